The van der Waals surface area contributed by atoms with E-state index in [0.29, 0.717) is 6.04 Å². The fraction of sp³-hybridized carbons (Fsp3) is 0.333. The van der Waals surface area contributed by atoms with Crippen LogP contribution in [0.15, 0.2) is 42.5 Å². The Morgan fingerprint density at radius 3 is 2.71 bits per heavy atom. The molecule has 0 radical (unpaired) electrons. The minimum Gasteiger partial charge on any atom is -0.370 e. The van der Waals surface area contributed by atoms with E-state index in [1.165, 1.54) is 22.9 Å². The van der Waals surface area contributed by atoms with Crippen molar-refractivity contribution in [3.8, 4) is 0 Å². The average Bonchev–Trinajstić information content (AvgIpc) is 2.38. The van der Waals surface area contributed by atoms with Crippen molar-refractivity contribution in [2.24, 2.45) is 5.73 Å². The number of hydrogen-bond donors (Lipinski definition) is 1. The number of rotatable bonds is 1. The van der Waals surface area contributed by atoms with Gasteiger partial charge in [-0.15, -0.1) is 0 Å². The highest BCUT2D eigenvalue weighted by molar-refractivity contribution is 5.85. The molecule has 0 amide bonds. The first-order valence-corrected chi connectivity index (χ1v) is 6.32. The van der Waals surface area contributed by atoms with Gasteiger partial charge in [0.2, 0.25) is 0 Å². The molecule has 0 bridgehead atoms. The fourth-order valence-electron chi connectivity index (χ4n) is 2.62. The van der Waals surface area contributed by atoms with Crippen LogP contribution in [0.5, 0.6) is 0 Å². The highest BCUT2D eigenvalue weighted by atomic mass is 15.1. The summed E-state index contributed by atoms with van der Waals surface area (Å²) in [5.41, 5.74) is 7.34. The molecule has 1 aliphatic heterocycles. The maximum absolute atomic E-state index is 6.03. The van der Waals surface area contributed by atoms with Crippen LogP contribution in [0.2, 0.25) is 0 Å². The standard InChI is InChI=1S/C15H18N2/c16-14-6-3-9-17(11-14)15-8-7-12-4-1-2-5-13(12)10-15/h1-2,4-5,7-8,10,14H,3,6,9,11,16H2. The lowest BCUT2D eigenvalue weighted by molar-refractivity contribution is 0.506. The first-order valence-electron chi connectivity index (χ1n) is 6.32. The lowest BCUT2D eigenvalue weighted by Gasteiger charge is -2.32. The summed E-state index contributed by atoms with van der Waals surface area (Å²) in [6, 6.07) is 15.5. The van der Waals surface area contributed by atoms with Gasteiger partial charge in [-0.3, -0.25) is 0 Å². The van der Waals surface area contributed by atoms with Crippen molar-refractivity contribution in [1.82, 2.24) is 0 Å². The summed E-state index contributed by atoms with van der Waals surface area (Å²) in [5.74, 6) is 0. The Hall–Kier alpha value is -1.54. The molecule has 0 aromatic heterocycles. The molecule has 3 rings (SSSR count). The topological polar surface area (TPSA) is 29.3 Å². The Balaban J connectivity index is 1.94. The molecule has 1 aliphatic rings. The quantitative estimate of drug-likeness (QED) is 0.810. The molecule has 88 valence electrons. The Morgan fingerprint density at radius 1 is 1.06 bits per heavy atom. The Morgan fingerprint density at radius 2 is 1.88 bits per heavy atom. The van der Waals surface area contributed by atoms with Crippen LogP contribution in [0.4, 0.5) is 5.69 Å². The molecule has 1 heterocycles. The first kappa shape index (κ1) is 10.6. The molecule has 2 nitrogen and oxygen atoms in total. The molecule has 0 spiro atoms. The van der Waals surface area contributed by atoms with Gasteiger partial charge in [-0.2, -0.15) is 0 Å². The molecule has 1 saturated heterocycles. The summed E-state index contributed by atoms with van der Waals surface area (Å²) >= 11 is 0. The molecule has 2 heteroatoms. The van der Waals surface area contributed by atoms with Gasteiger partial charge >= 0.3 is 0 Å². The van der Waals surface area contributed by atoms with Gasteiger partial charge in [0.05, 0.1) is 0 Å². The van der Waals surface area contributed by atoms with E-state index in [2.05, 4.69) is 47.4 Å². The van der Waals surface area contributed by atoms with Gasteiger partial charge in [0, 0.05) is 24.8 Å². The van der Waals surface area contributed by atoms with Crippen molar-refractivity contribution in [2.45, 2.75) is 18.9 Å². The number of nitrogens with two attached hydrogens (primary N) is 1. The second-order valence-electron chi connectivity index (χ2n) is 4.88. The van der Waals surface area contributed by atoms with Gasteiger partial charge < -0.3 is 10.6 Å². The molecule has 1 fully saturated rings. The van der Waals surface area contributed by atoms with Crippen molar-refractivity contribution in [3.05, 3.63) is 42.5 Å². The SMILES string of the molecule is NC1CCCN(c2ccc3ccccc3c2)C1. The van der Waals surface area contributed by atoms with Crippen molar-refractivity contribution in [3.63, 3.8) is 0 Å². The molecule has 0 saturated carbocycles. The number of hydrogen-bond acceptors (Lipinski definition) is 2. The highest BCUT2D eigenvalue weighted by Crippen LogP contribution is 2.24. The summed E-state index contributed by atoms with van der Waals surface area (Å²) in [6.45, 7) is 2.12. The zero-order valence-electron chi connectivity index (χ0n) is 9.97. The van der Waals surface area contributed by atoms with Crippen LogP contribution in [0.1, 0.15) is 12.8 Å². The molecule has 2 N–H and O–H groups in total. The second kappa shape index (κ2) is 4.38. The monoisotopic (exact) mass is 226 g/mol. The fourth-order valence-corrected chi connectivity index (χ4v) is 2.62. The molecule has 17 heavy (non-hydrogen) atoms. The molecule has 1 unspecified atom stereocenters. The summed E-state index contributed by atoms with van der Waals surface area (Å²) in [6.07, 6.45) is 2.36. The second-order valence-corrected chi connectivity index (χ2v) is 4.88. The zero-order chi connectivity index (χ0) is 11.7. The van der Waals surface area contributed by atoms with Crippen LogP contribution < -0.4 is 10.6 Å². The Labute approximate surface area is 102 Å². The largest absolute Gasteiger partial charge is 0.370 e. The predicted octanol–water partition coefficient (Wildman–Crippen LogP) is 2.77. The van der Waals surface area contributed by atoms with Crippen LogP contribution in [0, 0.1) is 0 Å². The van der Waals surface area contributed by atoms with Crippen LogP contribution >= 0.6 is 0 Å². The summed E-state index contributed by atoms with van der Waals surface area (Å²) in [7, 11) is 0. The van der Waals surface area contributed by atoms with Crippen LogP contribution in [-0.2, 0) is 0 Å². The van der Waals surface area contributed by atoms with Crippen molar-refractivity contribution >= 4 is 16.5 Å². The van der Waals surface area contributed by atoms with Gasteiger partial charge in [-0.05, 0) is 35.7 Å². The molecular weight excluding hydrogens is 208 g/mol. The van der Waals surface area contributed by atoms with Gasteiger partial charge in [-0.1, -0.05) is 30.3 Å². The predicted molar refractivity (Wildman–Crippen MR) is 73.4 cm³/mol. The highest BCUT2D eigenvalue weighted by Gasteiger charge is 2.16. The normalized spacial score (nSPS) is 20.8. The average molecular weight is 226 g/mol. The van der Waals surface area contributed by atoms with Crippen molar-refractivity contribution in [1.29, 1.82) is 0 Å². The van der Waals surface area contributed by atoms with Gasteiger partial charge in [0.25, 0.3) is 0 Å². The van der Waals surface area contributed by atoms with E-state index in [-0.39, 0.29) is 0 Å². The number of piperidine rings is 1. The molecule has 1 atom stereocenters. The number of fused-ring (bicyclic) bond motifs is 1. The third-order valence-corrected chi connectivity index (χ3v) is 3.56. The van der Waals surface area contributed by atoms with E-state index in [1.807, 2.05) is 0 Å². The van der Waals surface area contributed by atoms with E-state index in [4.69, 9.17) is 5.73 Å². The number of anilines is 1. The van der Waals surface area contributed by atoms with E-state index < -0.39 is 0 Å². The van der Waals surface area contributed by atoms with Crippen LogP contribution in [0.3, 0.4) is 0 Å². The molecule has 0 aliphatic carbocycles. The van der Waals surface area contributed by atoms with E-state index in [0.717, 1.165) is 19.5 Å². The van der Waals surface area contributed by atoms with Crippen molar-refractivity contribution in [2.75, 3.05) is 18.0 Å². The Kier molecular flexibility index (Phi) is 2.73. The van der Waals surface area contributed by atoms with Crippen molar-refractivity contribution < 1.29 is 0 Å². The van der Waals surface area contributed by atoms with E-state index in [9.17, 15) is 0 Å². The van der Waals surface area contributed by atoms with E-state index >= 15 is 0 Å². The maximum atomic E-state index is 6.03. The van der Waals surface area contributed by atoms with Gasteiger partial charge in [0.1, 0.15) is 0 Å². The lowest BCUT2D eigenvalue weighted by atomic mass is 10.0. The van der Waals surface area contributed by atoms with Crippen LogP contribution in [0.25, 0.3) is 10.8 Å². The van der Waals surface area contributed by atoms with Gasteiger partial charge in [-0.25, -0.2) is 0 Å². The minimum absolute atomic E-state index is 0.329. The third-order valence-electron chi connectivity index (χ3n) is 3.56. The summed E-state index contributed by atoms with van der Waals surface area (Å²) < 4.78 is 0. The number of nitrogens with zero attached hydrogens (tertiary/aromatic N) is 1. The molecular formula is C15H18N2. The lowest BCUT2D eigenvalue weighted by Crippen LogP contribution is -2.42. The maximum Gasteiger partial charge on any atom is 0.0373 e. The number of benzene rings is 2. The zero-order valence-corrected chi connectivity index (χ0v) is 9.97. The molecule has 2 aromatic rings. The minimum atomic E-state index is 0.329. The van der Waals surface area contributed by atoms with E-state index in [1.54, 1.807) is 0 Å². The summed E-state index contributed by atoms with van der Waals surface area (Å²) in [4.78, 5) is 2.40. The first-order chi connectivity index (χ1) is 8.33. The molecule has 2 aromatic carbocycles. The smallest absolute Gasteiger partial charge is 0.0373 e. The van der Waals surface area contributed by atoms with Crippen LogP contribution in [-0.4, -0.2) is 19.1 Å². The summed E-state index contributed by atoms with van der Waals surface area (Å²) in [5, 5.41) is 2.61. The third kappa shape index (κ3) is 2.13. The van der Waals surface area contributed by atoms with Gasteiger partial charge in [0.15, 0.2) is 0 Å². The Bertz CT molecular complexity index is 521.